The normalized spacial score (nSPS) is 20.3. The van der Waals surface area contributed by atoms with Gasteiger partial charge in [0.25, 0.3) is 0 Å². The van der Waals surface area contributed by atoms with E-state index >= 15 is 0 Å². The van der Waals surface area contributed by atoms with Crippen molar-refractivity contribution >= 4 is 35.4 Å². The van der Waals surface area contributed by atoms with Gasteiger partial charge in [0.1, 0.15) is 17.6 Å². The van der Waals surface area contributed by atoms with Crippen LogP contribution < -0.4 is 20.3 Å². The fourth-order valence-electron chi connectivity index (χ4n) is 6.56. The minimum absolute atomic E-state index is 0.0232. The molecule has 0 aromatic heterocycles. The van der Waals surface area contributed by atoms with Crippen LogP contribution in [0.3, 0.4) is 0 Å². The summed E-state index contributed by atoms with van der Waals surface area (Å²) in [5.41, 5.74) is 6.82. The number of hydrogen-bond acceptors (Lipinski definition) is 14. The van der Waals surface area contributed by atoms with Gasteiger partial charge in [-0.15, -0.1) is 0 Å². The number of aliphatic hydroxyl groups excluding tert-OH is 1. The number of nitrogen functional groups attached to an aromatic ring is 1. The van der Waals surface area contributed by atoms with Crippen molar-refractivity contribution < 1.29 is 60.4 Å². The second-order valence-electron chi connectivity index (χ2n) is 15.0. The molecule has 0 spiro atoms. The Balaban J connectivity index is 1.31. The van der Waals surface area contributed by atoms with Gasteiger partial charge >= 0.3 is 19.7 Å². The average Bonchev–Trinajstić information content (AvgIpc) is 3.82. The van der Waals surface area contributed by atoms with Crippen molar-refractivity contribution in [2.45, 2.75) is 88.9 Å². The van der Waals surface area contributed by atoms with Crippen LogP contribution in [0.4, 0.5) is 10.5 Å². The van der Waals surface area contributed by atoms with Crippen LogP contribution in [0.25, 0.3) is 0 Å². The van der Waals surface area contributed by atoms with Gasteiger partial charge in [0.05, 0.1) is 42.8 Å². The van der Waals surface area contributed by atoms with Crippen LogP contribution in [0.1, 0.15) is 52.5 Å². The Hall–Kier alpha value is -4.22. The molecule has 2 fully saturated rings. The van der Waals surface area contributed by atoms with Crippen LogP contribution >= 0.6 is 7.60 Å². The molecular weight excluding hydrogens is 805 g/mol. The Morgan fingerprint density at radius 2 is 1.75 bits per heavy atom. The molecule has 16 nitrogen and oxygen atoms in total. The van der Waals surface area contributed by atoms with E-state index in [1.165, 1.54) is 23.4 Å². The maximum atomic E-state index is 14.0. The first-order chi connectivity index (χ1) is 28.2. The standard InChI is InChI=1S/C41H56N3O13PS/c1-5-6-20-51-39(46)29(4)56-58(48,57-33-12-8-7-9-13-33)27-54-32-17-15-30(16-18-32)22-36(43-41(47)55-38-26-53-40-35(38)19-21-52-40)37(45)25-44(24-28(2)3)59(49,50)34-14-10-11-31(42)23-34/h7-18,23,28-29,35-38,40,45H,5-6,19-22,24-27,42H2,1-4H3,(H,43,47)/t29-,35-,36-,37+,38-,40+,58?/m0/s1. The molecule has 4 N–H and O–H groups in total. The van der Waals surface area contributed by atoms with E-state index in [-0.39, 0.29) is 66.6 Å². The fraction of sp³-hybridized carbons (Fsp3) is 0.512. The molecule has 324 valence electrons. The molecule has 2 aliphatic rings. The smallest absolute Gasteiger partial charge is 0.417 e. The lowest BCUT2D eigenvalue weighted by Crippen LogP contribution is -2.51. The monoisotopic (exact) mass is 861 g/mol. The number of sulfonamides is 1. The molecule has 1 unspecified atom stereocenters. The van der Waals surface area contributed by atoms with E-state index in [1.807, 2.05) is 20.8 Å². The molecule has 0 radical (unpaired) electrons. The van der Waals surface area contributed by atoms with Crippen molar-refractivity contribution in [3.63, 3.8) is 0 Å². The quantitative estimate of drug-likeness (QED) is 0.0477. The van der Waals surface area contributed by atoms with Gasteiger partial charge in [-0.3, -0.25) is 4.52 Å². The van der Waals surface area contributed by atoms with E-state index in [4.69, 9.17) is 38.5 Å². The molecule has 3 aromatic carbocycles. The molecule has 18 heteroatoms. The highest BCUT2D eigenvalue weighted by molar-refractivity contribution is 7.89. The molecule has 2 saturated heterocycles. The number of carbonyl (C=O) groups is 2. The van der Waals surface area contributed by atoms with Gasteiger partial charge in [0.2, 0.25) is 16.4 Å². The number of nitrogens with one attached hydrogen (secondary N) is 1. The Kier molecular flexibility index (Phi) is 16.6. The summed E-state index contributed by atoms with van der Waals surface area (Å²) in [5.74, 6) is -0.378. The number of aliphatic hydroxyl groups is 1. The predicted octanol–water partition coefficient (Wildman–Crippen LogP) is 5.73. The number of nitrogens with zero attached hydrogens (tertiary/aromatic N) is 1. The zero-order valence-electron chi connectivity index (χ0n) is 33.8. The van der Waals surface area contributed by atoms with E-state index in [1.54, 1.807) is 66.7 Å². The largest absolute Gasteiger partial charge is 0.480 e. The number of nitrogens with two attached hydrogens (primary N) is 1. The highest BCUT2D eigenvalue weighted by atomic mass is 32.2. The Labute approximate surface area is 346 Å². The SMILES string of the molecule is CCCCOC(=O)[C@H](C)OP(=O)(COc1ccc(C[C@H](NC(=O)O[C@H]2CO[C@H]3OCC[C@H]32)[C@H](O)CN(CC(C)C)S(=O)(=O)c2cccc(N)c2)cc1)Oc1ccccc1. The fourth-order valence-corrected chi connectivity index (χ4v) is 9.71. The maximum absolute atomic E-state index is 14.0. The van der Waals surface area contributed by atoms with Gasteiger partial charge in [0.15, 0.2) is 12.4 Å². The summed E-state index contributed by atoms with van der Waals surface area (Å²) in [6.45, 7) is 7.69. The van der Waals surface area contributed by atoms with Crippen LogP contribution in [0.15, 0.2) is 83.8 Å². The van der Waals surface area contributed by atoms with Crippen molar-refractivity contribution in [3.05, 3.63) is 84.4 Å². The minimum Gasteiger partial charge on any atom is -0.480 e. The molecule has 3 aromatic rings. The zero-order chi connectivity index (χ0) is 42.6. The van der Waals surface area contributed by atoms with E-state index in [2.05, 4.69) is 5.32 Å². The second kappa shape index (κ2) is 21.3. The van der Waals surface area contributed by atoms with Crippen molar-refractivity contribution in [1.82, 2.24) is 9.62 Å². The molecule has 0 aliphatic carbocycles. The molecule has 0 saturated carbocycles. The number of ether oxygens (including phenoxy) is 5. The number of fused-ring (bicyclic) bond motifs is 1. The minimum atomic E-state index is -4.11. The zero-order valence-corrected chi connectivity index (χ0v) is 35.6. The number of benzene rings is 3. The van der Waals surface area contributed by atoms with Crippen LogP contribution in [-0.2, 0) is 49.3 Å². The highest BCUT2D eigenvalue weighted by Crippen LogP contribution is 2.49. The first kappa shape index (κ1) is 45.9. The molecule has 5 rings (SSSR count). The Morgan fingerprint density at radius 1 is 1.00 bits per heavy atom. The van der Waals surface area contributed by atoms with Gasteiger partial charge in [-0.25, -0.2) is 22.6 Å². The lowest BCUT2D eigenvalue weighted by Gasteiger charge is -2.31. The third kappa shape index (κ3) is 13.4. The summed E-state index contributed by atoms with van der Waals surface area (Å²) in [5, 5.41) is 14.5. The maximum Gasteiger partial charge on any atom is 0.417 e. The van der Waals surface area contributed by atoms with E-state index in [0.717, 1.165) is 6.42 Å². The highest BCUT2D eigenvalue weighted by Gasteiger charge is 2.44. The first-order valence-electron chi connectivity index (χ1n) is 19.8. The average molecular weight is 862 g/mol. The van der Waals surface area contributed by atoms with Crippen molar-refractivity contribution in [3.8, 4) is 11.5 Å². The Morgan fingerprint density at radius 3 is 2.44 bits per heavy atom. The summed E-state index contributed by atoms with van der Waals surface area (Å²) in [4.78, 5) is 25.9. The summed E-state index contributed by atoms with van der Waals surface area (Å²) in [6.07, 6.45) is -2.74. The van der Waals surface area contributed by atoms with Crippen LogP contribution in [0.2, 0.25) is 0 Å². The topological polar surface area (TPSA) is 211 Å². The second-order valence-corrected chi connectivity index (χ2v) is 18.8. The van der Waals surface area contributed by atoms with E-state index in [9.17, 15) is 27.7 Å². The van der Waals surface area contributed by atoms with E-state index in [0.29, 0.717) is 25.0 Å². The van der Waals surface area contributed by atoms with Crippen molar-refractivity contribution in [2.75, 3.05) is 45.0 Å². The molecule has 59 heavy (non-hydrogen) atoms. The van der Waals surface area contributed by atoms with Gasteiger partial charge in [-0.1, -0.05) is 63.6 Å². The molecule has 7 atom stereocenters. The number of alkyl carbamates (subject to hydrolysis) is 1. The molecule has 2 heterocycles. The summed E-state index contributed by atoms with van der Waals surface area (Å²) >= 11 is 0. The van der Waals surface area contributed by atoms with E-state index < -0.39 is 66.7 Å². The van der Waals surface area contributed by atoms with Crippen LogP contribution in [-0.4, -0.2) is 99.8 Å². The number of hydrogen-bond donors (Lipinski definition) is 3. The third-order valence-electron chi connectivity index (χ3n) is 9.62. The predicted molar refractivity (Wildman–Crippen MR) is 218 cm³/mol. The number of unbranched alkanes of at least 4 members (excludes halogenated alkanes) is 1. The summed E-state index contributed by atoms with van der Waals surface area (Å²) < 4.78 is 82.3. The first-order valence-corrected chi connectivity index (χ1v) is 23.0. The number of para-hydroxylation sites is 1. The van der Waals surface area contributed by atoms with Crippen LogP contribution in [0, 0.1) is 11.8 Å². The number of carbonyl (C=O) groups excluding carboxylic acids is 2. The lowest BCUT2D eigenvalue weighted by atomic mass is 10.0. The van der Waals surface area contributed by atoms with Crippen molar-refractivity contribution in [2.24, 2.45) is 11.8 Å². The number of amides is 1. The third-order valence-corrected chi connectivity index (χ3v) is 13.0. The van der Waals surface area contributed by atoms with Crippen LogP contribution in [0.5, 0.6) is 11.5 Å². The lowest BCUT2D eigenvalue weighted by molar-refractivity contribution is -0.151. The Bertz CT molecular complexity index is 1970. The molecule has 2 aliphatic heterocycles. The van der Waals surface area contributed by atoms with Gasteiger partial charge in [-0.05, 0) is 80.1 Å². The summed E-state index contributed by atoms with van der Waals surface area (Å²) in [6, 6.07) is 19.8. The van der Waals surface area contributed by atoms with Gasteiger partial charge in [-0.2, -0.15) is 4.31 Å². The number of anilines is 1. The van der Waals surface area contributed by atoms with Gasteiger partial charge < -0.3 is 44.4 Å². The van der Waals surface area contributed by atoms with Crippen molar-refractivity contribution in [1.29, 1.82) is 0 Å². The number of rotatable bonds is 22. The molecule has 1 amide bonds. The molecule has 0 bridgehead atoms. The summed E-state index contributed by atoms with van der Waals surface area (Å²) in [7, 11) is -8.20. The number of esters is 1. The van der Waals surface area contributed by atoms with Gasteiger partial charge in [0, 0.05) is 18.8 Å². The molecular formula is C41H56N3O13PS.